The molecule has 4 nitrogen and oxygen atoms in total. The van der Waals surface area contributed by atoms with E-state index in [0.717, 1.165) is 24.1 Å². The van der Waals surface area contributed by atoms with Gasteiger partial charge in [-0.3, -0.25) is 4.90 Å². The number of aliphatic hydroxyl groups excluding tert-OH is 1. The summed E-state index contributed by atoms with van der Waals surface area (Å²) in [5.41, 5.74) is 2.00. The summed E-state index contributed by atoms with van der Waals surface area (Å²) in [6.07, 6.45) is 1.29. The smallest absolute Gasteiger partial charge is 0.414 e. The van der Waals surface area contributed by atoms with Gasteiger partial charge in [-0.05, 0) is 30.5 Å². The highest BCUT2D eigenvalue weighted by molar-refractivity contribution is 5.89. The SMILES string of the molecule is O=C1OCCN1c1cccc(CCCO)c1. The second kappa shape index (κ2) is 4.99. The molecule has 86 valence electrons. The fourth-order valence-corrected chi connectivity index (χ4v) is 1.79. The first-order valence-electron chi connectivity index (χ1n) is 5.45. The Morgan fingerprint density at radius 3 is 3.00 bits per heavy atom. The van der Waals surface area contributed by atoms with Gasteiger partial charge in [-0.2, -0.15) is 0 Å². The van der Waals surface area contributed by atoms with Crippen LogP contribution < -0.4 is 4.90 Å². The highest BCUT2D eigenvalue weighted by atomic mass is 16.6. The van der Waals surface area contributed by atoms with Crippen molar-refractivity contribution < 1.29 is 14.6 Å². The largest absolute Gasteiger partial charge is 0.447 e. The molecule has 0 aromatic heterocycles. The number of aryl methyl sites for hydroxylation is 1. The molecule has 0 spiro atoms. The number of nitrogens with zero attached hydrogens (tertiary/aromatic N) is 1. The lowest BCUT2D eigenvalue weighted by Crippen LogP contribution is -2.23. The summed E-state index contributed by atoms with van der Waals surface area (Å²) >= 11 is 0. The Morgan fingerprint density at radius 2 is 2.31 bits per heavy atom. The van der Waals surface area contributed by atoms with Gasteiger partial charge >= 0.3 is 6.09 Å². The highest BCUT2D eigenvalue weighted by Gasteiger charge is 2.23. The van der Waals surface area contributed by atoms with Gasteiger partial charge < -0.3 is 9.84 Å². The van der Waals surface area contributed by atoms with E-state index in [2.05, 4.69) is 0 Å². The lowest BCUT2D eigenvalue weighted by Gasteiger charge is -2.13. The third kappa shape index (κ3) is 2.33. The van der Waals surface area contributed by atoms with E-state index in [-0.39, 0.29) is 12.7 Å². The molecule has 1 aromatic carbocycles. The predicted octanol–water partition coefficient (Wildman–Crippen LogP) is 1.57. The van der Waals surface area contributed by atoms with Crippen LogP contribution in [0.15, 0.2) is 24.3 Å². The maximum Gasteiger partial charge on any atom is 0.414 e. The Balaban J connectivity index is 2.12. The molecule has 2 rings (SSSR count). The predicted molar refractivity (Wildman–Crippen MR) is 60.5 cm³/mol. The van der Waals surface area contributed by atoms with Crippen molar-refractivity contribution in [3.8, 4) is 0 Å². The van der Waals surface area contributed by atoms with E-state index in [1.54, 1.807) is 4.90 Å². The van der Waals surface area contributed by atoms with Gasteiger partial charge in [-0.1, -0.05) is 12.1 Å². The van der Waals surface area contributed by atoms with E-state index in [1.165, 1.54) is 0 Å². The van der Waals surface area contributed by atoms with Crippen LogP contribution in [0.4, 0.5) is 10.5 Å². The quantitative estimate of drug-likeness (QED) is 0.839. The van der Waals surface area contributed by atoms with Crippen molar-refractivity contribution >= 4 is 11.8 Å². The van der Waals surface area contributed by atoms with Crippen LogP contribution in [0.5, 0.6) is 0 Å². The van der Waals surface area contributed by atoms with Crippen LogP contribution in [0.1, 0.15) is 12.0 Å². The Kier molecular flexibility index (Phi) is 3.41. The molecule has 1 aliphatic rings. The van der Waals surface area contributed by atoms with Crippen molar-refractivity contribution in [3.63, 3.8) is 0 Å². The first kappa shape index (κ1) is 11.0. The number of carbonyl (C=O) groups excluding carboxylic acids is 1. The van der Waals surface area contributed by atoms with Gasteiger partial charge in [-0.25, -0.2) is 4.79 Å². The van der Waals surface area contributed by atoms with Crippen LogP contribution in [0.3, 0.4) is 0 Å². The summed E-state index contributed by atoms with van der Waals surface area (Å²) in [7, 11) is 0. The first-order valence-corrected chi connectivity index (χ1v) is 5.45. The fraction of sp³-hybridized carbons (Fsp3) is 0.417. The number of amides is 1. The lowest BCUT2D eigenvalue weighted by molar-refractivity contribution is 0.181. The van der Waals surface area contributed by atoms with E-state index < -0.39 is 0 Å². The van der Waals surface area contributed by atoms with Gasteiger partial charge in [0.15, 0.2) is 0 Å². The van der Waals surface area contributed by atoms with Crippen LogP contribution in [0.25, 0.3) is 0 Å². The molecule has 0 saturated carbocycles. The van der Waals surface area contributed by atoms with E-state index in [1.807, 2.05) is 24.3 Å². The average Bonchev–Trinajstić information content (AvgIpc) is 2.73. The van der Waals surface area contributed by atoms with Crippen LogP contribution in [-0.4, -0.2) is 31.0 Å². The third-order valence-corrected chi connectivity index (χ3v) is 2.61. The number of anilines is 1. The number of benzene rings is 1. The molecule has 1 N–H and O–H groups in total. The van der Waals surface area contributed by atoms with Crippen molar-refractivity contribution in [2.24, 2.45) is 0 Å². The molecule has 16 heavy (non-hydrogen) atoms. The monoisotopic (exact) mass is 221 g/mol. The van der Waals surface area contributed by atoms with Crippen LogP contribution in [0.2, 0.25) is 0 Å². The minimum Gasteiger partial charge on any atom is -0.447 e. The molecule has 1 saturated heterocycles. The molecule has 1 heterocycles. The molecule has 0 aliphatic carbocycles. The Hall–Kier alpha value is -1.55. The number of hydrogen-bond donors (Lipinski definition) is 1. The van der Waals surface area contributed by atoms with Crippen molar-refractivity contribution in [3.05, 3.63) is 29.8 Å². The first-order chi connectivity index (χ1) is 7.81. The molecule has 1 aliphatic heterocycles. The van der Waals surface area contributed by atoms with Crippen LogP contribution in [0, 0.1) is 0 Å². The molecular weight excluding hydrogens is 206 g/mol. The zero-order chi connectivity index (χ0) is 11.4. The van der Waals surface area contributed by atoms with E-state index in [0.29, 0.717) is 13.2 Å². The second-order valence-electron chi connectivity index (χ2n) is 3.76. The highest BCUT2D eigenvalue weighted by Crippen LogP contribution is 2.20. The Labute approximate surface area is 94.4 Å². The molecule has 1 fully saturated rings. The molecular formula is C12H15NO3. The lowest BCUT2D eigenvalue weighted by atomic mass is 10.1. The number of rotatable bonds is 4. The van der Waals surface area contributed by atoms with Crippen molar-refractivity contribution in [1.82, 2.24) is 0 Å². The third-order valence-electron chi connectivity index (χ3n) is 2.61. The second-order valence-corrected chi connectivity index (χ2v) is 3.76. The average molecular weight is 221 g/mol. The maximum atomic E-state index is 11.4. The molecule has 1 aromatic rings. The number of ether oxygens (including phenoxy) is 1. The summed E-state index contributed by atoms with van der Waals surface area (Å²) in [4.78, 5) is 13.0. The summed E-state index contributed by atoms with van der Waals surface area (Å²) in [6, 6.07) is 7.80. The number of aliphatic hydroxyl groups is 1. The van der Waals surface area contributed by atoms with Gasteiger partial charge in [0.05, 0.1) is 6.54 Å². The molecule has 0 radical (unpaired) electrons. The Morgan fingerprint density at radius 1 is 1.44 bits per heavy atom. The van der Waals surface area contributed by atoms with Crippen molar-refractivity contribution in [2.75, 3.05) is 24.7 Å². The van der Waals surface area contributed by atoms with Crippen LogP contribution >= 0.6 is 0 Å². The minimum absolute atomic E-state index is 0.190. The van der Waals surface area contributed by atoms with E-state index in [9.17, 15) is 4.79 Å². The Bertz CT molecular complexity index is 378. The fourth-order valence-electron chi connectivity index (χ4n) is 1.79. The van der Waals surface area contributed by atoms with Crippen LogP contribution in [-0.2, 0) is 11.2 Å². The standard InChI is InChI=1S/C12H15NO3/c14-7-2-4-10-3-1-5-11(9-10)13-6-8-16-12(13)15/h1,3,5,9,14H,2,4,6-8H2. The van der Waals surface area contributed by atoms with Gasteiger partial charge in [-0.15, -0.1) is 0 Å². The van der Waals surface area contributed by atoms with Gasteiger partial charge in [0.1, 0.15) is 6.61 Å². The van der Waals surface area contributed by atoms with E-state index >= 15 is 0 Å². The van der Waals surface area contributed by atoms with Gasteiger partial charge in [0.2, 0.25) is 0 Å². The van der Waals surface area contributed by atoms with Gasteiger partial charge in [0, 0.05) is 12.3 Å². The molecule has 1 amide bonds. The maximum absolute atomic E-state index is 11.4. The number of hydrogen-bond acceptors (Lipinski definition) is 3. The summed E-state index contributed by atoms with van der Waals surface area (Å²) < 4.78 is 4.89. The minimum atomic E-state index is -0.278. The molecule has 0 bridgehead atoms. The number of cyclic esters (lactones) is 1. The number of carbonyl (C=O) groups is 1. The van der Waals surface area contributed by atoms with Crippen molar-refractivity contribution in [2.45, 2.75) is 12.8 Å². The normalized spacial score (nSPS) is 15.3. The van der Waals surface area contributed by atoms with Crippen molar-refractivity contribution in [1.29, 1.82) is 0 Å². The summed E-state index contributed by atoms with van der Waals surface area (Å²) in [5.74, 6) is 0. The van der Waals surface area contributed by atoms with E-state index in [4.69, 9.17) is 9.84 Å². The molecule has 0 atom stereocenters. The molecule has 4 heteroatoms. The summed E-state index contributed by atoms with van der Waals surface area (Å²) in [5, 5.41) is 8.77. The zero-order valence-electron chi connectivity index (χ0n) is 9.06. The summed E-state index contributed by atoms with van der Waals surface area (Å²) in [6.45, 7) is 1.26. The zero-order valence-corrected chi connectivity index (χ0v) is 9.06. The van der Waals surface area contributed by atoms with Gasteiger partial charge in [0.25, 0.3) is 0 Å². The topological polar surface area (TPSA) is 49.8 Å². The molecule has 0 unspecified atom stereocenters.